The van der Waals surface area contributed by atoms with Crippen molar-refractivity contribution in [2.24, 2.45) is 0 Å². The fraction of sp³-hybridized carbons (Fsp3) is 0.400. The lowest BCUT2D eigenvalue weighted by molar-refractivity contribution is 0.0796. The number of amides is 1. The molecule has 0 aromatic carbocycles. The Labute approximate surface area is 92.9 Å². The summed E-state index contributed by atoms with van der Waals surface area (Å²) in [5, 5.41) is -0.110. The third-order valence-electron chi connectivity index (χ3n) is 1.89. The van der Waals surface area contributed by atoms with E-state index in [4.69, 9.17) is 11.6 Å². The number of nitrogens with one attached hydrogen (secondary N) is 1. The second kappa shape index (κ2) is 4.98. The average molecular weight is 229 g/mol. The minimum Gasteiger partial charge on any atom is -0.340 e. The van der Waals surface area contributed by atoms with Crippen LogP contribution in [0.15, 0.2) is 23.1 Å². The topological polar surface area (TPSA) is 53.2 Å². The van der Waals surface area contributed by atoms with Gasteiger partial charge in [-0.3, -0.25) is 9.59 Å². The van der Waals surface area contributed by atoms with E-state index in [0.29, 0.717) is 12.1 Å². The molecular formula is C10H13ClN2O2. The van der Waals surface area contributed by atoms with Crippen LogP contribution in [-0.2, 0) is 0 Å². The second-order valence-electron chi connectivity index (χ2n) is 3.41. The number of H-pyrrole nitrogens is 1. The van der Waals surface area contributed by atoms with E-state index in [9.17, 15) is 9.59 Å². The van der Waals surface area contributed by atoms with Gasteiger partial charge in [-0.1, -0.05) is 0 Å². The first-order valence-electron chi connectivity index (χ1n) is 4.59. The number of hydrogen-bond donors (Lipinski definition) is 1. The van der Waals surface area contributed by atoms with Crippen molar-refractivity contribution in [3.8, 4) is 0 Å². The van der Waals surface area contributed by atoms with E-state index in [-0.39, 0.29) is 16.8 Å². The standard InChI is InChI=1S/C10H13ClN2O2/c1-7(11)6-13(2)10(15)8-3-4-12-9(14)5-8/h3-5,7H,6H2,1-2H3,(H,12,14). The minimum absolute atomic E-state index is 0.110. The Hall–Kier alpha value is -1.29. The van der Waals surface area contributed by atoms with Crippen LogP contribution in [0.1, 0.15) is 17.3 Å². The Balaban J connectivity index is 2.80. The lowest BCUT2D eigenvalue weighted by Crippen LogP contribution is -2.31. The molecule has 0 aliphatic carbocycles. The quantitative estimate of drug-likeness (QED) is 0.787. The van der Waals surface area contributed by atoms with Crippen molar-refractivity contribution < 1.29 is 4.79 Å². The van der Waals surface area contributed by atoms with Gasteiger partial charge in [-0.05, 0) is 13.0 Å². The molecule has 0 spiro atoms. The SMILES string of the molecule is CC(Cl)CN(C)C(=O)c1cc[nH]c(=O)c1. The molecule has 1 unspecified atom stereocenters. The van der Waals surface area contributed by atoms with Gasteiger partial charge in [0.05, 0.1) is 0 Å². The predicted octanol–water partition coefficient (Wildman–Crippen LogP) is 1.07. The molecule has 1 aromatic rings. The molecule has 15 heavy (non-hydrogen) atoms. The number of hydrogen-bond acceptors (Lipinski definition) is 2. The predicted molar refractivity (Wildman–Crippen MR) is 59.3 cm³/mol. The number of halogens is 1. The molecule has 0 saturated heterocycles. The highest BCUT2D eigenvalue weighted by Crippen LogP contribution is 2.03. The molecule has 0 bridgehead atoms. The molecule has 82 valence electrons. The summed E-state index contributed by atoms with van der Waals surface area (Å²) in [5.74, 6) is -0.200. The maximum atomic E-state index is 11.7. The summed E-state index contributed by atoms with van der Waals surface area (Å²) in [4.78, 5) is 26.7. The van der Waals surface area contributed by atoms with Crippen molar-refractivity contribution in [3.63, 3.8) is 0 Å². The Bertz CT molecular complexity index is 400. The first-order valence-corrected chi connectivity index (χ1v) is 5.02. The lowest BCUT2D eigenvalue weighted by atomic mass is 10.2. The van der Waals surface area contributed by atoms with Gasteiger partial charge in [0.2, 0.25) is 5.56 Å². The number of alkyl halides is 1. The van der Waals surface area contributed by atoms with Crippen LogP contribution >= 0.6 is 11.6 Å². The highest BCUT2D eigenvalue weighted by molar-refractivity contribution is 6.20. The van der Waals surface area contributed by atoms with Crippen LogP contribution in [0.25, 0.3) is 0 Å². The minimum atomic E-state index is -0.284. The van der Waals surface area contributed by atoms with E-state index >= 15 is 0 Å². The van der Waals surface area contributed by atoms with Crippen LogP contribution in [0.2, 0.25) is 0 Å². The third kappa shape index (κ3) is 3.40. The smallest absolute Gasteiger partial charge is 0.253 e. The first kappa shape index (κ1) is 11.8. The van der Waals surface area contributed by atoms with Crippen LogP contribution in [0.3, 0.4) is 0 Å². The second-order valence-corrected chi connectivity index (χ2v) is 4.15. The van der Waals surface area contributed by atoms with Gasteiger partial charge in [-0.25, -0.2) is 0 Å². The van der Waals surface area contributed by atoms with E-state index in [1.807, 2.05) is 6.92 Å². The van der Waals surface area contributed by atoms with Crippen molar-refractivity contribution in [1.29, 1.82) is 0 Å². The van der Waals surface area contributed by atoms with Gasteiger partial charge in [0.1, 0.15) is 0 Å². The maximum absolute atomic E-state index is 11.7. The number of aromatic amines is 1. The number of nitrogens with zero attached hydrogens (tertiary/aromatic N) is 1. The molecule has 0 saturated carbocycles. The Morgan fingerprint density at radius 2 is 2.33 bits per heavy atom. The van der Waals surface area contributed by atoms with Crippen molar-refractivity contribution in [1.82, 2.24) is 9.88 Å². The van der Waals surface area contributed by atoms with Gasteiger partial charge < -0.3 is 9.88 Å². The van der Waals surface area contributed by atoms with Crippen molar-refractivity contribution in [3.05, 3.63) is 34.2 Å². The molecule has 1 rings (SSSR count). The number of carbonyl (C=O) groups is 1. The lowest BCUT2D eigenvalue weighted by Gasteiger charge is -2.18. The Kier molecular flexibility index (Phi) is 3.91. The molecular weight excluding hydrogens is 216 g/mol. The Morgan fingerprint density at radius 1 is 1.67 bits per heavy atom. The van der Waals surface area contributed by atoms with Gasteiger partial charge in [0.15, 0.2) is 0 Å². The summed E-state index contributed by atoms with van der Waals surface area (Å²) in [6, 6.07) is 2.84. The van der Waals surface area contributed by atoms with E-state index in [2.05, 4.69) is 4.98 Å². The number of aromatic nitrogens is 1. The largest absolute Gasteiger partial charge is 0.340 e. The molecule has 1 N–H and O–H groups in total. The molecule has 1 aromatic heterocycles. The Morgan fingerprint density at radius 3 is 2.87 bits per heavy atom. The zero-order chi connectivity index (χ0) is 11.4. The summed E-state index contributed by atoms with van der Waals surface area (Å²) in [6.45, 7) is 2.26. The van der Waals surface area contributed by atoms with Crippen LogP contribution in [-0.4, -0.2) is 34.8 Å². The fourth-order valence-electron chi connectivity index (χ4n) is 1.26. The van der Waals surface area contributed by atoms with Gasteiger partial charge in [0.25, 0.3) is 5.91 Å². The van der Waals surface area contributed by atoms with Crippen LogP contribution in [0, 0.1) is 0 Å². The molecule has 1 heterocycles. The summed E-state index contributed by atoms with van der Waals surface area (Å²) >= 11 is 5.77. The molecule has 5 heteroatoms. The van der Waals surface area contributed by atoms with Crippen LogP contribution < -0.4 is 5.56 Å². The number of pyridine rings is 1. The van der Waals surface area contributed by atoms with Crippen molar-refractivity contribution >= 4 is 17.5 Å². The van der Waals surface area contributed by atoms with Gasteiger partial charge in [0, 0.05) is 36.8 Å². The first-order chi connectivity index (χ1) is 7.00. The van der Waals surface area contributed by atoms with Crippen LogP contribution in [0.5, 0.6) is 0 Å². The van der Waals surface area contributed by atoms with Gasteiger partial charge in [-0.2, -0.15) is 0 Å². The van der Waals surface area contributed by atoms with Crippen molar-refractivity contribution in [2.45, 2.75) is 12.3 Å². The summed E-state index contributed by atoms with van der Waals surface area (Å²) in [7, 11) is 1.66. The summed E-state index contributed by atoms with van der Waals surface area (Å²) < 4.78 is 0. The monoisotopic (exact) mass is 228 g/mol. The molecule has 0 fully saturated rings. The van der Waals surface area contributed by atoms with E-state index in [0.717, 1.165) is 0 Å². The highest BCUT2D eigenvalue weighted by atomic mass is 35.5. The molecule has 0 aliphatic rings. The molecule has 1 atom stereocenters. The highest BCUT2D eigenvalue weighted by Gasteiger charge is 2.13. The van der Waals surface area contributed by atoms with E-state index < -0.39 is 0 Å². The molecule has 1 amide bonds. The zero-order valence-electron chi connectivity index (χ0n) is 8.66. The fourth-order valence-corrected chi connectivity index (χ4v) is 1.47. The van der Waals surface area contributed by atoms with E-state index in [1.54, 1.807) is 13.1 Å². The third-order valence-corrected chi connectivity index (χ3v) is 2.03. The number of carbonyl (C=O) groups excluding carboxylic acids is 1. The van der Waals surface area contributed by atoms with Crippen LogP contribution in [0.4, 0.5) is 0 Å². The maximum Gasteiger partial charge on any atom is 0.253 e. The average Bonchev–Trinajstić information content (AvgIpc) is 2.15. The van der Waals surface area contributed by atoms with Gasteiger partial charge in [-0.15, -0.1) is 11.6 Å². The molecule has 0 radical (unpaired) electrons. The van der Waals surface area contributed by atoms with E-state index in [1.165, 1.54) is 17.2 Å². The normalized spacial score (nSPS) is 12.2. The van der Waals surface area contributed by atoms with Gasteiger partial charge >= 0.3 is 0 Å². The number of rotatable bonds is 3. The zero-order valence-corrected chi connectivity index (χ0v) is 9.41. The molecule has 0 aliphatic heterocycles. The summed E-state index contributed by atoms with van der Waals surface area (Å²) in [5.41, 5.74) is 0.0896. The molecule has 4 nitrogen and oxygen atoms in total. The summed E-state index contributed by atoms with van der Waals surface area (Å²) in [6.07, 6.45) is 1.45. The van der Waals surface area contributed by atoms with Crippen molar-refractivity contribution in [2.75, 3.05) is 13.6 Å².